The second-order valence-electron chi connectivity index (χ2n) is 5.27. The Labute approximate surface area is 112 Å². The molecule has 1 aromatic heterocycles. The lowest BCUT2D eigenvalue weighted by Gasteiger charge is -2.21. The Morgan fingerprint density at radius 3 is 2.95 bits per heavy atom. The largest absolute Gasteiger partial charge is 0.383 e. The van der Waals surface area contributed by atoms with Gasteiger partial charge in [-0.2, -0.15) is 0 Å². The van der Waals surface area contributed by atoms with Gasteiger partial charge in [-0.05, 0) is 30.7 Å². The van der Waals surface area contributed by atoms with Crippen LogP contribution in [0.3, 0.4) is 0 Å². The molecule has 0 radical (unpaired) electrons. The molecule has 2 rings (SSSR count). The molecule has 1 heterocycles. The van der Waals surface area contributed by atoms with E-state index in [1.165, 1.54) is 0 Å². The summed E-state index contributed by atoms with van der Waals surface area (Å²) in [6.07, 6.45) is 4.22. The van der Waals surface area contributed by atoms with Crippen molar-refractivity contribution >= 4 is 11.7 Å². The van der Waals surface area contributed by atoms with Crippen molar-refractivity contribution in [3.05, 3.63) is 23.6 Å². The molecule has 1 amide bonds. The molecule has 3 N–H and O–H groups in total. The second kappa shape index (κ2) is 5.55. The summed E-state index contributed by atoms with van der Waals surface area (Å²) in [6.45, 7) is 4.32. The Kier molecular flexibility index (Phi) is 4.02. The van der Waals surface area contributed by atoms with Gasteiger partial charge in [0.1, 0.15) is 11.6 Å². The number of amides is 1. The Balaban J connectivity index is 2.07. The normalized spacial score (nSPS) is 26.4. The van der Waals surface area contributed by atoms with E-state index in [4.69, 9.17) is 5.73 Å². The highest BCUT2D eigenvalue weighted by Crippen LogP contribution is 2.34. The van der Waals surface area contributed by atoms with E-state index in [0.29, 0.717) is 11.8 Å². The first-order chi connectivity index (χ1) is 9.02. The molecule has 3 unspecified atom stereocenters. The van der Waals surface area contributed by atoms with Gasteiger partial charge in [0, 0.05) is 6.04 Å². The molecule has 3 atom stereocenters. The van der Waals surface area contributed by atoms with E-state index in [2.05, 4.69) is 24.1 Å². The molecule has 1 aliphatic carbocycles. The third kappa shape index (κ3) is 2.85. The molecule has 5 heteroatoms. The van der Waals surface area contributed by atoms with Gasteiger partial charge in [-0.3, -0.25) is 4.79 Å². The van der Waals surface area contributed by atoms with E-state index in [0.717, 1.165) is 31.5 Å². The summed E-state index contributed by atoms with van der Waals surface area (Å²) >= 11 is 0. The number of hydrogen-bond donors (Lipinski definition) is 2. The fraction of sp³-hybridized carbons (Fsp3) is 0.571. The Bertz CT molecular complexity index is 478. The Morgan fingerprint density at radius 1 is 1.58 bits per heavy atom. The van der Waals surface area contributed by atoms with Crippen molar-refractivity contribution in [2.45, 2.75) is 39.2 Å². The molecule has 0 spiro atoms. The number of nitrogen functional groups attached to an aromatic ring is 1. The molecule has 4 nitrogen and oxygen atoms in total. The number of halogens is 1. The average Bonchev–Trinajstić information content (AvgIpc) is 2.73. The first-order valence-corrected chi connectivity index (χ1v) is 6.74. The van der Waals surface area contributed by atoms with Gasteiger partial charge < -0.3 is 11.1 Å². The molecule has 0 saturated heterocycles. The highest BCUT2D eigenvalue weighted by atomic mass is 19.1. The van der Waals surface area contributed by atoms with Gasteiger partial charge in [-0.25, -0.2) is 9.37 Å². The van der Waals surface area contributed by atoms with E-state index in [-0.39, 0.29) is 23.3 Å². The molecule has 0 aliphatic heterocycles. The van der Waals surface area contributed by atoms with Gasteiger partial charge in [0.2, 0.25) is 0 Å². The van der Waals surface area contributed by atoms with Crippen LogP contribution in [-0.2, 0) is 0 Å². The lowest BCUT2D eigenvalue weighted by atomic mass is 9.93. The molecule has 0 bridgehead atoms. The SMILES string of the molecule is CCC1CCC(NC(=O)c2cc(F)cnc2N)C1C. The van der Waals surface area contributed by atoms with Crippen LogP contribution in [-0.4, -0.2) is 16.9 Å². The van der Waals surface area contributed by atoms with E-state index in [9.17, 15) is 9.18 Å². The molecule has 0 aromatic carbocycles. The van der Waals surface area contributed by atoms with E-state index >= 15 is 0 Å². The number of carbonyl (C=O) groups excluding carboxylic acids is 1. The number of pyridine rings is 1. The Morgan fingerprint density at radius 2 is 2.32 bits per heavy atom. The molecular formula is C14H20FN3O. The van der Waals surface area contributed by atoms with Crippen molar-refractivity contribution < 1.29 is 9.18 Å². The summed E-state index contributed by atoms with van der Waals surface area (Å²) in [5, 5.41) is 2.95. The van der Waals surface area contributed by atoms with Crippen molar-refractivity contribution in [1.29, 1.82) is 0 Å². The second-order valence-corrected chi connectivity index (χ2v) is 5.27. The lowest BCUT2D eigenvalue weighted by molar-refractivity contribution is 0.0926. The lowest BCUT2D eigenvalue weighted by Crippen LogP contribution is -2.38. The topological polar surface area (TPSA) is 68.0 Å². The molecular weight excluding hydrogens is 245 g/mol. The van der Waals surface area contributed by atoms with Crippen molar-refractivity contribution in [1.82, 2.24) is 10.3 Å². The first kappa shape index (κ1) is 13.8. The minimum Gasteiger partial charge on any atom is -0.383 e. The van der Waals surface area contributed by atoms with Crippen LogP contribution in [0.1, 0.15) is 43.5 Å². The summed E-state index contributed by atoms with van der Waals surface area (Å²) < 4.78 is 13.1. The van der Waals surface area contributed by atoms with Crippen LogP contribution in [0, 0.1) is 17.7 Å². The number of aromatic nitrogens is 1. The maximum atomic E-state index is 13.1. The number of anilines is 1. The van der Waals surface area contributed by atoms with Crippen LogP contribution in [0.25, 0.3) is 0 Å². The number of nitrogens with two attached hydrogens (primary N) is 1. The minimum atomic E-state index is -0.551. The standard InChI is InChI=1S/C14H20FN3O/c1-3-9-4-5-12(8(9)2)18-14(19)11-6-10(15)7-17-13(11)16/h6-9,12H,3-5H2,1-2H3,(H2,16,17)(H,18,19). The van der Waals surface area contributed by atoms with Crippen LogP contribution in [0.4, 0.5) is 10.2 Å². The summed E-state index contributed by atoms with van der Waals surface area (Å²) in [6, 6.07) is 1.27. The fourth-order valence-corrected chi connectivity index (χ4v) is 2.91. The zero-order valence-corrected chi connectivity index (χ0v) is 11.3. The highest BCUT2D eigenvalue weighted by molar-refractivity contribution is 5.98. The van der Waals surface area contributed by atoms with Crippen LogP contribution in [0.5, 0.6) is 0 Å². The van der Waals surface area contributed by atoms with Crippen LogP contribution < -0.4 is 11.1 Å². The van der Waals surface area contributed by atoms with E-state index < -0.39 is 5.82 Å². The summed E-state index contributed by atoms with van der Waals surface area (Å²) in [7, 11) is 0. The fourth-order valence-electron chi connectivity index (χ4n) is 2.91. The molecule has 1 aromatic rings. The van der Waals surface area contributed by atoms with Crippen LogP contribution in [0.2, 0.25) is 0 Å². The quantitative estimate of drug-likeness (QED) is 0.881. The summed E-state index contributed by atoms with van der Waals surface area (Å²) in [5.41, 5.74) is 5.73. The maximum Gasteiger partial charge on any atom is 0.255 e. The van der Waals surface area contributed by atoms with E-state index in [1.54, 1.807) is 0 Å². The molecule has 1 aliphatic rings. The predicted octanol–water partition coefficient (Wildman–Crippen LogP) is 2.36. The average molecular weight is 265 g/mol. The van der Waals surface area contributed by atoms with Gasteiger partial charge in [-0.1, -0.05) is 20.3 Å². The predicted molar refractivity (Wildman–Crippen MR) is 72.0 cm³/mol. The molecule has 1 fully saturated rings. The third-order valence-corrected chi connectivity index (χ3v) is 4.20. The maximum absolute atomic E-state index is 13.1. The van der Waals surface area contributed by atoms with Crippen LogP contribution >= 0.6 is 0 Å². The number of nitrogens with one attached hydrogen (secondary N) is 1. The monoisotopic (exact) mass is 265 g/mol. The molecule has 104 valence electrons. The minimum absolute atomic E-state index is 0.0663. The van der Waals surface area contributed by atoms with Gasteiger partial charge in [0.05, 0.1) is 11.8 Å². The van der Waals surface area contributed by atoms with Crippen molar-refractivity contribution in [2.24, 2.45) is 11.8 Å². The first-order valence-electron chi connectivity index (χ1n) is 6.74. The third-order valence-electron chi connectivity index (χ3n) is 4.20. The van der Waals surface area contributed by atoms with Gasteiger partial charge in [0.25, 0.3) is 5.91 Å². The summed E-state index contributed by atoms with van der Waals surface area (Å²) in [5.74, 6) is 0.268. The zero-order chi connectivity index (χ0) is 14.0. The van der Waals surface area contributed by atoms with Gasteiger partial charge in [0.15, 0.2) is 0 Å². The van der Waals surface area contributed by atoms with Crippen molar-refractivity contribution in [3.63, 3.8) is 0 Å². The number of hydrogen-bond acceptors (Lipinski definition) is 3. The summed E-state index contributed by atoms with van der Waals surface area (Å²) in [4.78, 5) is 15.8. The smallest absolute Gasteiger partial charge is 0.255 e. The Hall–Kier alpha value is -1.65. The number of nitrogens with zero attached hydrogens (tertiary/aromatic N) is 1. The van der Waals surface area contributed by atoms with E-state index in [1.807, 2.05) is 0 Å². The highest BCUT2D eigenvalue weighted by Gasteiger charge is 2.32. The number of rotatable bonds is 3. The van der Waals surface area contributed by atoms with Crippen molar-refractivity contribution in [3.8, 4) is 0 Å². The van der Waals surface area contributed by atoms with Crippen LogP contribution in [0.15, 0.2) is 12.3 Å². The van der Waals surface area contributed by atoms with Gasteiger partial charge >= 0.3 is 0 Å². The zero-order valence-electron chi connectivity index (χ0n) is 11.3. The number of carbonyl (C=O) groups is 1. The van der Waals surface area contributed by atoms with Crippen molar-refractivity contribution in [2.75, 3.05) is 5.73 Å². The molecule has 19 heavy (non-hydrogen) atoms. The molecule has 1 saturated carbocycles. The van der Waals surface area contributed by atoms with Gasteiger partial charge in [-0.15, -0.1) is 0 Å².